The third-order valence-corrected chi connectivity index (χ3v) is 4.34. The number of likely N-dealkylation sites (tertiary alicyclic amines) is 1. The number of nitrogens with two attached hydrogens (primary N) is 1. The first-order valence-corrected chi connectivity index (χ1v) is 8.14. The van der Waals surface area contributed by atoms with Gasteiger partial charge in [0.15, 0.2) is 0 Å². The fourth-order valence-corrected chi connectivity index (χ4v) is 2.90. The van der Waals surface area contributed by atoms with Crippen LogP contribution in [0.1, 0.15) is 12.0 Å². The van der Waals surface area contributed by atoms with Gasteiger partial charge in [0.05, 0.1) is 4.92 Å². The monoisotopic (exact) mass is 382 g/mol. The van der Waals surface area contributed by atoms with Crippen LogP contribution in [0.15, 0.2) is 24.3 Å². The molecule has 1 aliphatic heterocycles. The molecule has 0 aromatic heterocycles. The Bertz CT molecular complexity index is 725. The van der Waals surface area contributed by atoms with Gasteiger partial charge in [-0.25, -0.2) is 9.59 Å². The summed E-state index contributed by atoms with van der Waals surface area (Å²) in [6, 6.07) is 3.74. The molecule has 1 aliphatic rings. The van der Waals surface area contributed by atoms with Crippen molar-refractivity contribution in [1.29, 1.82) is 0 Å². The molecule has 10 nitrogen and oxygen atoms in total. The summed E-state index contributed by atoms with van der Waals surface area (Å²) in [4.78, 5) is 47.8. The first-order chi connectivity index (χ1) is 12.2. The van der Waals surface area contributed by atoms with Crippen molar-refractivity contribution in [3.05, 3.63) is 39.9 Å². The number of carbonyl (C=O) groups is 3. The molecule has 0 spiro atoms. The van der Waals surface area contributed by atoms with E-state index in [2.05, 4.69) is 12.6 Å². The molecule has 2 N–H and O–H groups in total. The highest BCUT2D eigenvalue weighted by atomic mass is 32.1. The lowest BCUT2D eigenvalue weighted by molar-refractivity contribution is -0.384. The summed E-state index contributed by atoms with van der Waals surface area (Å²) >= 11 is 4.29. The standard InChI is InChI=1S/C15H18N4O6S/c1-17(14(16)21)13(20)12-6-11(26)7-18(12)15(22)25-8-9-2-4-10(5-3-9)19(23)24/h2-5,11-12,26H,6-8H2,1H3,(H2,16,21)/t11-,12-/m0/s1. The van der Waals surface area contributed by atoms with E-state index in [4.69, 9.17) is 10.5 Å². The highest BCUT2D eigenvalue weighted by Gasteiger charge is 2.41. The third kappa shape index (κ3) is 4.42. The molecule has 1 heterocycles. The molecule has 2 rings (SSSR count). The number of ether oxygens (including phenoxy) is 1. The summed E-state index contributed by atoms with van der Waals surface area (Å²) in [5.74, 6) is -0.610. The number of primary amides is 1. The number of likely N-dealkylation sites (N-methyl/N-ethyl adjacent to an activating group) is 1. The summed E-state index contributed by atoms with van der Waals surface area (Å²) in [7, 11) is 1.23. The Kier molecular flexibility index (Phi) is 6.03. The van der Waals surface area contributed by atoms with E-state index >= 15 is 0 Å². The maximum atomic E-state index is 12.3. The van der Waals surface area contributed by atoms with Crippen LogP contribution in [0.3, 0.4) is 0 Å². The number of urea groups is 1. The number of nitrogens with zero attached hydrogens (tertiary/aromatic N) is 3. The number of hydrogen-bond donors (Lipinski definition) is 2. The first-order valence-electron chi connectivity index (χ1n) is 7.62. The number of rotatable bonds is 4. The molecule has 0 saturated carbocycles. The fraction of sp³-hybridized carbons (Fsp3) is 0.400. The molecule has 1 saturated heterocycles. The minimum atomic E-state index is -0.920. The molecule has 2 atom stereocenters. The van der Waals surface area contributed by atoms with Gasteiger partial charge in [0, 0.05) is 31.0 Å². The van der Waals surface area contributed by atoms with Gasteiger partial charge in [-0.3, -0.25) is 24.7 Å². The van der Waals surface area contributed by atoms with Crippen molar-refractivity contribution in [2.24, 2.45) is 5.73 Å². The quantitative estimate of drug-likeness (QED) is 0.455. The summed E-state index contributed by atoms with van der Waals surface area (Å²) in [6.45, 7) is 0.0718. The Morgan fingerprint density at radius 1 is 1.38 bits per heavy atom. The van der Waals surface area contributed by atoms with Gasteiger partial charge >= 0.3 is 12.1 Å². The molecule has 0 bridgehead atoms. The molecule has 0 unspecified atom stereocenters. The van der Waals surface area contributed by atoms with Gasteiger partial charge in [-0.1, -0.05) is 0 Å². The van der Waals surface area contributed by atoms with Crippen LogP contribution < -0.4 is 5.73 Å². The summed E-state index contributed by atoms with van der Waals surface area (Å²) < 4.78 is 5.18. The van der Waals surface area contributed by atoms with E-state index in [0.29, 0.717) is 5.56 Å². The summed E-state index contributed by atoms with van der Waals surface area (Å²) in [5, 5.41) is 10.4. The lowest BCUT2D eigenvalue weighted by Gasteiger charge is -2.25. The lowest BCUT2D eigenvalue weighted by atomic mass is 10.2. The minimum absolute atomic E-state index is 0.0716. The number of benzene rings is 1. The van der Waals surface area contributed by atoms with Gasteiger partial charge in [0.1, 0.15) is 12.6 Å². The van der Waals surface area contributed by atoms with E-state index in [1.54, 1.807) is 0 Å². The highest BCUT2D eigenvalue weighted by molar-refractivity contribution is 7.81. The predicted octanol–water partition coefficient (Wildman–Crippen LogP) is 1.14. The maximum Gasteiger partial charge on any atom is 0.410 e. The Balaban J connectivity index is 2.01. The average molecular weight is 382 g/mol. The zero-order valence-corrected chi connectivity index (χ0v) is 14.8. The molecular weight excluding hydrogens is 364 g/mol. The molecule has 0 radical (unpaired) electrons. The third-order valence-electron chi connectivity index (χ3n) is 3.97. The van der Waals surface area contributed by atoms with Crippen molar-refractivity contribution >= 4 is 36.3 Å². The van der Waals surface area contributed by atoms with Gasteiger partial charge in [0.2, 0.25) is 0 Å². The Morgan fingerprint density at radius 2 is 2.00 bits per heavy atom. The van der Waals surface area contributed by atoms with Crippen LogP contribution in [-0.4, -0.2) is 57.6 Å². The molecule has 140 valence electrons. The number of nitro benzene ring substituents is 1. The number of amides is 4. The largest absolute Gasteiger partial charge is 0.445 e. The molecule has 11 heteroatoms. The predicted molar refractivity (Wildman–Crippen MR) is 93.5 cm³/mol. The molecular formula is C15H18N4O6S. The summed E-state index contributed by atoms with van der Waals surface area (Å²) in [6.07, 6.45) is -0.470. The second-order valence-corrected chi connectivity index (χ2v) is 6.50. The Labute approximate surface area is 154 Å². The van der Waals surface area contributed by atoms with Gasteiger partial charge in [0.25, 0.3) is 11.6 Å². The van der Waals surface area contributed by atoms with E-state index in [-0.39, 0.29) is 30.5 Å². The number of nitro groups is 1. The van der Waals surface area contributed by atoms with E-state index in [1.165, 1.54) is 36.2 Å². The Hall–Kier alpha value is -2.82. The zero-order chi connectivity index (χ0) is 19.4. The van der Waals surface area contributed by atoms with E-state index in [9.17, 15) is 24.5 Å². The van der Waals surface area contributed by atoms with Gasteiger partial charge in [-0.15, -0.1) is 0 Å². The van der Waals surface area contributed by atoms with Crippen molar-refractivity contribution in [3.8, 4) is 0 Å². The van der Waals surface area contributed by atoms with Gasteiger partial charge < -0.3 is 10.5 Å². The van der Waals surface area contributed by atoms with Crippen LogP contribution in [0.25, 0.3) is 0 Å². The van der Waals surface area contributed by atoms with Crippen LogP contribution in [0, 0.1) is 10.1 Å². The SMILES string of the molecule is CN(C(N)=O)C(=O)[C@@H]1C[C@H](S)CN1C(=O)OCc1ccc([N+](=O)[O-])cc1. The van der Waals surface area contributed by atoms with Crippen LogP contribution in [0.2, 0.25) is 0 Å². The minimum Gasteiger partial charge on any atom is -0.445 e. The van der Waals surface area contributed by atoms with Crippen molar-refractivity contribution in [2.45, 2.75) is 24.3 Å². The van der Waals surface area contributed by atoms with E-state index in [1.807, 2.05) is 0 Å². The molecule has 1 fully saturated rings. The number of imide groups is 1. The second kappa shape index (κ2) is 8.04. The van der Waals surface area contributed by atoms with Crippen LogP contribution in [-0.2, 0) is 16.1 Å². The molecule has 0 aliphatic carbocycles. The summed E-state index contributed by atoms with van der Waals surface area (Å²) in [5.41, 5.74) is 5.58. The van der Waals surface area contributed by atoms with E-state index < -0.39 is 29.0 Å². The van der Waals surface area contributed by atoms with Crippen molar-refractivity contribution < 1.29 is 24.0 Å². The van der Waals surface area contributed by atoms with Crippen LogP contribution in [0.5, 0.6) is 0 Å². The molecule has 1 aromatic carbocycles. The van der Waals surface area contributed by atoms with Crippen molar-refractivity contribution in [3.63, 3.8) is 0 Å². The van der Waals surface area contributed by atoms with Crippen LogP contribution in [0.4, 0.5) is 15.3 Å². The van der Waals surface area contributed by atoms with Crippen LogP contribution >= 0.6 is 12.6 Å². The Morgan fingerprint density at radius 3 is 2.54 bits per heavy atom. The van der Waals surface area contributed by atoms with Gasteiger partial charge in [-0.2, -0.15) is 12.6 Å². The highest BCUT2D eigenvalue weighted by Crippen LogP contribution is 2.24. The number of carbonyl (C=O) groups excluding carboxylic acids is 3. The normalized spacial score (nSPS) is 19.1. The fourth-order valence-electron chi connectivity index (χ4n) is 2.52. The zero-order valence-electron chi connectivity index (χ0n) is 13.9. The smallest absolute Gasteiger partial charge is 0.410 e. The van der Waals surface area contributed by atoms with Crippen molar-refractivity contribution in [2.75, 3.05) is 13.6 Å². The second-order valence-electron chi connectivity index (χ2n) is 5.77. The topological polar surface area (TPSA) is 136 Å². The molecule has 4 amide bonds. The van der Waals surface area contributed by atoms with Gasteiger partial charge in [-0.05, 0) is 24.1 Å². The molecule has 26 heavy (non-hydrogen) atoms. The lowest BCUT2D eigenvalue weighted by Crippen LogP contribution is -2.49. The average Bonchev–Trinajstić information content (AvgIpc) is 3.00. The van der Waals surface area contributed by atoms with E-state index in [0.717, 1.165) is 4.90 Å². The number of non-ortho nitro benzene ring substituents is 1. The molecule has 1 aromatic rings. The maximum absolute atomic E-state index is 12.3. The number of thiol groups is 1. The van der Waals surface area contributed by atoms with Crippen molar-refractivity contribution in [1.82, 2.24) is 9.80 Å². The first kappa shape index (κ1) is 19.5. The number of hydrogen-bond acceptors (Lipinski definition) is 7.